The number of nitrogens with two attached hydrogens (primary N) is 2. The van der Waals surface area contributed by atoms with Crippen LogP contribution in [0.5, 0.6) is 0 Å². The van der Waals surface area contributed by atoms with Gasteiger partial charge in [-0.25, -0.2) is 4.79 Å². The number of benzene rings is 2. The van der Waals surface area contributed by atoms with Gasteiger partial charge >= 0.3 is 5.97 Å². The fourth-order valence-electron chi connectivity index (χ4n) is 2.03. The Bertz CT molecular complexity index is 733. The quantitative estimate of drug-likeness (QED) is 0.382. The van der Waals surface area contributed by atoms with Gasteiger partial charge in [-0.15, -0.1) is 5.10 Å². The van der Waals surface area contributed by atoms with E-state index in [1.165, 1.54) is 0 Å². The fraction of sp³-hybridized carbons (Fsp3) is 0.118. The number of esters is 1. The molecule has 0 aliphatic heterocycles. The summed E-state index contributed by atoms with van der Waals surface area (Å²) in [4.78, 5) is 11.7. The van der Waals surface area contributed by atoms with Crippen molar-refractivity contribution in [3.8, 4) is 11.1 Å². The highest BCUT2D eigenvalue weighted by molar-refractivity contribution is 5.93. The summed E-state index contributed by atoms with van der Waals surface area (Å²) < 4.78 is 4.97. The summed E-state index contributed by atoms with van der Waals surface area (Å²) in [6, 6.07) is 14.9. The third-order valence-corrected chi connectivity index (χ3v) is 3.04. The van der Waals surface area contributed by atoms with Crippen molar-refractivity contribution in [1.82, 2.24) is 0 Å². The van der Waals surface area contributed by atoms with E-state index in [2.05, 4.69) is 10.2 Å². The molecule has 23 heavy (non-hydrogen) atoms. The number of nitrogens with zero attached hydrogens (tertiary/aromatic N) is 2. The highest BCUT2D eigenvalue weighted by Crippen LogP contribution is 2.23. The van der Waals surface area contributed by atoms with Crippen molar-refractivity contribution in [2.75, 3.05) is 6.61 Å². The molecular formula is C17H18N4O2. The molecule has 0 amide bonds. The third kappa shape index (κ3) is 4.41. The highest BCUT2D eigenvalue weighted by Gasteiger charge is 2.07. The second-order valence-corrected chi connectivity index (χ2v) is 4.65. The molecule has 0 aliphatic rings. The fourth-order valence-corrected chi connectivity index (χ4v) is 2.03. The van der Waals surface area contributed by atoms with Crippen molar-refractivity contribution in [2.24, 2.45) is 21.7 Å². The molecule has 4 N–H and O–H groups in total. The van der Waals surface area contributed by atoms with E-state index in [1.807, 2.05) is 36.4 Å². The van der Waals surface area contributed by atoms with Gasteiger partial charge in [0, 0.05) is 5.56 Å². The minimum atomic E-state index is -0.332. The summed E-state index contributed by atoms with van der Waals surface area (Å²) in [5.74, 6) is -0.431. The van der Waals surface area contributed by atoms with Crippen LogP contribution in [0.3, 0.4) is 0 Å². The highest BCUT2D eigenvalue weighted by atomic mass is 16.5. The SMILES string of the molecule is CCOC(=O)c1ccc(-c2ccccc2C=NN=C(N)N)cc1. The van der Waals surface area contributed by atoms with Crippen LogP contribution in [0.15, 0.2) is 58.7 Å². The minimum absolute atomic E-state index is 0.0995. The average molecular weight is 310 g/mol. The van der Waals surface area contributed by atoms with Gasteiger partial charge in [0.1, 0.15) is 0 Å². The standard InChI is InChI=1S/C17H18N4O2/c1-2-23-16(22)13-9-7-12(8-10-13)15-6-4-3-5-14(15)11-20-21-17(18)19/h3-11H,2H2,1H3,(H4,18,19,21). The van der Waals surface area contributed by atoms with Crippen LogP contribution in [0.2, 0.25) is 0 Å². The summed E-state index contributed by atoms with van der Waals surface area (Å²) in [6.07, 6.45) is 1.58. The Balaban J connectivity index is 2.30. The van der Waals surface area contributed by atoms with Crippen LogP contribution < -0.4 is 11.5 Å². The van der Waals surface area contributed by atoms with Gasteiger partial charge in [-0.1, -0.05) is 36.4 Å². The molecule has 6 nitrogen and oxygen atoms in total. The van der Waals surface area contributed by atoms with E-state index in [0.29, 0.717) is 12.2 Å². The molecule has 0 saturated carbocycles. The Kier molecular flexibility index (Phi) is 5.46. The topological polar surface area (TPSA) is 103 Å². The largest absolute Gasteiger partial charge is 0.462 e. The maximum atomic E-state index is 11.7. The van der Waals surface area contributed by atoms with Gasteiger partial charge in [-0.2, -0.15) is 5.10 Å². The number of rotatable bonds is 5. The molecule has 0 heterocycles. The van der Waals surface area contributed by atoms with Crippen LogP contribution in [0.4, 0.5) is 0 Å². The Morgan fingerprint density at radius 1 is 1.13 bits per heavy atom. The number of hydrogen-bond donors (Lipinski definition) is 2. The lowest BCUT2D eigenvalue weighted by Gasteiger charge is -2.07. The zero-order valence-electron chi connectivity index (χ0n) is 12.8. The van der Waals surface area contributed by atoms with Crippen LogP contribution in [0, 0.1) is 0 Å². The molecule has 118 valence electrons. The first-order valence-electron chi connectivity index (χ1n) is 7.10. The Hall–Kier alpha value is -3.15. The van der Waals surface area contributed by atoms with Gasteiger partial charge in [-0.3, -0.25) is 0 Å². The van der Waals surface area contributed by atoms with Crippen LogP contribution in [-0.4, -0.2) is 24.8 Å². The lowest BCUT2D eigenvalue weighted by molar-refractivity contribution is 0.0526. The number of carbonyl (C=O) groups excluding carboxylic acids is 1. The molecule has 6 heteroatoms. The second kappa shape index (κ2) is 7.74. The predicted molar refractivity (Wildman–Crippen MR) is 91.2 cm³/mol. The molecule has 0 atom stereocenters. The van der Waals surface area contributed by atoms with Gasteiger partial charge in [-0.05, 0) is 30.2 Å². The molecule has 2 rings (SSSR count). The van der Waals surface area contributed by atoms with Crippen molar-refractivity contribution in [1.29, 1.82) is 0 Å². The first kappa shape index (κ1) is 16.2. The third-order valence-electron chi connectivity index (χ3n) is 3.04. The molecule has 0 saturated heterocycles. The Morgan fingerprint density at radius 3 is 2.48 bits per heavy atom. The normalized spacial score (nSPS) is 10.5. The molecule has 0 aromatic heterocycles. The molecule has 0 radical (unpaired) electrons. The molecule has 0 bridgehead atoms. The maximum Gasteiger partial charge on any atom is 0.338 e. The first-order valence-corrected chi connectivity index (χ1v) is 7.10. The van der Waals surface area contributed by atoms with Crippen LogP contribution in [-0.2, 0) is 4.74 Å². The Morgan fingerprint density at radius 2 is 1.83 bits per heavy atom. The second-order valence-electron chi connectivity index (χ2n) is 4.65. The molecule has 0 spiro atoms. The zero-order chi connectivity index (χ0) is 16.7. The van der Waals surface area contributed by atoms with E-state index in [0.717, 1.165) is 16.7 Å². The van der Waals surface area contributed by atoms with Gasteiger partial charge in [0.05, 0.1) is 18.4 Å². The minimum Gasteiger partial charge on any atom is -0.462 e. The summed E-state index contributed by atoms with van der Waals surface area (Å²) in [5.41, 5.74) is 13.8. The van der Waals surface area contributed by atoms with Crippen LogP contribution >= 0.6 is 0 Å². The smallest absolute Gasteiger partial charge is 0.338 e. The predicted octanol–water partition coefficient (Wildman–Crippen LogP) is 2.14. The number of ether oxygens (including phenoxy) is 1. The van der Waals surface area contributed by atoms with Gasteiger partial charge in [0.15, 0.2) is 0 Å². The summed E-state index contributed by atoms with van der Waals surface area (Å²) in [6.45, 7) is 2.13. The molecule has 0 aliphatic carbocycles. The number of hydrogen-bond acceptors (Lipinski definition) is 4. The van der Waals surface area contributed by atoms with Gasteiger partial charge in [0.2, 0.25) is 5.96 Å². The molecule has 0 fully saturated rings. The number of guanidine groups is 1. The van der Waals surface area contributed by atoms with E-state index >= 15 is 0 Å². The first-order chi connectivity index (χ1) is 11.1. The summed E-state index contributed by atoms with van der Waals surface area (Å²) in [7, 11) is 0. The molecule has 2 aromatic carbocycles. The van der Waals surface area contributed by atoms with E-state index in [1.54, 1.807) is 25.3 Å². The van der Waals surface area contributed by atoms with Crippen LogP contribution in [0.25, 0.3) is 11.1 Å². The lowest BCUT2D eigenvalue weighted by Crippen LogP contribution is -2.21. The van der Waals surface area contributed by atoms with E-state index in [4.69, 9.17) is 16.2 Å². The van der Waals surface area contributed by atoms with E-state index in [-0.39, 0.29) is 11.9 Å². The van der Waals surface area contributed by atoms with Gasteiger partial charge in [0.25, 0.3) is 0 Å². The van der Waals surface area contributed by atoms with Crippen molar-refractivity contribution in [2.45, 2.75) is 6.92 Å². The van der Waals surface area contributed by atoms with E-state index in [9.17, 15) is 4.79 Å². The van der Waals surface area contributed by atoms with Gasteiger partial charge < -0.3 is 16.2 Å². The van der Waals surface area contributed by atoms with Crippen molar-refractivity contribution in [3.63, 3.8) is 0 Å². The van der Waals surface area contributed by atoms with Crippen LogP contribution in [0.1, 0.15) is 22.8 Å². The summed E-state index contributed by atoms with van der Waals surface area (Å²) >= 11 is 0. The molecule has 2 aromatic rings. The zero-order valence-corrected chi connectivity index (χ0v) is 12.8. The molecular weight excluding hydrogens is 292 g/mol. The molecule has 0 unspecified atom stereocenters. The van der Waals surface area contributed by atoms with Crippen molar-refractivity contribution >= 4 is 18.1 Å². The maximum absolute atomic E-state index is 11.7. The monoisotopic (exact) mass is 310 g/mol. The van der Waals surface area contributed by atoms with Crippen molar-refractivity contribution < 1.29 is 9.53 Å². The number of carbonyl (C=O) groups is 1. The average Bonchev–Trinajstić information content (AvgIpc) is 2.55. The van der Waals surface area contributed by atoms with Crippen molar-refractivity contribution in [3.05, 3.63) is 59.7 Å². The van der Waals surface area contributed by atoms with E-state index < -0.39 is 0 Å². The lowest BCUT2D eigenvalue weighted by atomic mass is 9.99. The Labute approximate surface area is 134 Å². The summed E-state index contributed by atoms with van der Waals surface area (Å²) in [5, 5.41) is 7.43.